The number of benzene rings is 2. The van der Waals surface area contributed by atoms with Gasteiger partial charge in [0, 0.05) is 24.9 Å². The van der Waals surface area contributed by atoms with Crippen LogP contribution < -0.4 is 14.4 Å². The Labute approximate surface area is 184 Å². The van der Waals surface area contributed by atoms with Crippen molar-refractivity contribution in [3.8, 4) is 5.75 Å². The Kier molecular flexibility index (Phi) is 6.93. The molecule has 1 aliphatic heterocycles. The van der Waals surface area contributed by atoms with Crippen LogP contribution in [0.25, 0.3) is 0 Å². The summed E-state index contributed by atoms with van der Waals surface area (Å²) in [7, 11) is -3.25. The van der Waals surface area contributed by atoms with E-state index in [9.17, 15) is 27.8 Å². The Morgan fingerprint density at radius 1 is 1.35 bits per heavy atom. The van der Waals surface area contributed by atoms with Crippen molar-refractivity contribution in [3.05, 3.63) is 46.7 Å². The average Bonchev–Trinajstić information content (AvgIpc) is 3.17. The Bertz CT molecular complexity index is 1100. The number of nitrogens with one attached hydrogen (secondary N) is 1. The van der Waals surface area contributed by atoms with E-state index in [-0.39, 0.29) is 34.7 Å². The summed E-state index contributed by atoms with van der Waals surface area (Å²) in [5, 5.41) is 18.3. The molecule has 0 unspecified atom stereocenters. The number of hydrogen-bond donors (Lipinski definition) is 3. The van der Waals surface area contributed by atoms with E-state index in [4.69, 9.17) is 16.3 Å². The van der Waals surface area contributed by atoms with Crippen LogP contribution in [0.4, 0.5) is 15.8 Å². The van der Waals surface area contributed by atoms with Crippen molar-refractivity contribution in [1.82, 2.24) is 0 Å². The lowest BCUT2D eigenvalue weighted by molar-refractivity contribution is 0.0696. The van der Waals surface area contributed by atoms with E-state index in [1.165, 1.54) is 13.2 Å². The molecule has 1 saturated heterocycles. The zero-order valence-electron chi connectivity index (χ0n) is 16.6. The molecule has 1 fully saturated rings. The monoisotopic (exact) mass is 472 g/mol. The fourth-order valence-electron chi connectivity index (χ4n) is 3.68. The minimum Gasteiger partial charge on any atom is -0.494 e. The highest BCUT2D eigenvalue weighted by atomic mass is 35.5. The first-order valence-corrected chi connectivity index (χ1v) is 11.3. The quantitative estimate of drug-likeness (QED) is 0.539. The molecule has 3 rings (SSSR count). The number of aliphatic hydroxyl groups excluding tert-OH is 1. The highest BCUT2D eigenvalue weighted by Gasteiger charge is 2.28. The van der Waals surface area contributed by atoms with Gasteiger partial charge < -0.3 is 19.8 Å². The smallest absolute Gasteiger partial charge is 0.335 e. The number of rotatable bonds is 8. The van der Waals surface area contributed by atoms with Crippen LogP contribution in [0.3, 0.4) is 0 Å². The number of carboxylic acid groups (broad SMARTS) is 1. The number of sulfonamides is 1. The summed E-state index contributed by atoms with van der Waals surface area (Å²) in [4.78, 5) is 12.8. The molecular weight excluding hydrogens is 451 g/mol. The van der Waals surface area contributed by atoms with Gasteiger partial charge in [-0.3, -0.25) is 4.72 Å². The van der Waals surface area contributed by atoms with E-state index in [2.05, 4.69) is 4.72 Å². The maximum atomic E-state index is 14.5. The van der Waals surface area contributed by atoms with Gasteiger partial charge in [-0.05, 0) is 49.6 Å². The van der Waals surface area contributed by atoms with Gasteiger partial charge >= 0.3 is 5.97 Å². The summed E-state index contributed by atoms with van der Waals surface area (Å²) < 4.78 is 47.7. The second kappa shape index (κ2) is 9.29. The van der Waals surface area contributed by atoms with E-state index in [1.807, 2.05) is 4.90 Å². The van der Waals surface area contributed by atoms with E-state index < -0.39 is 26.7 Å². The van der Waals surface area contributed by atoms with Crippen LogP contribution in [-0.2, 0) is 10.0 Å². The number of carbonyl (C=O) groups is 1. The summed E-state index contributed by atoms with van der Waals surface area (Å²) in [6.45, 7) is 0.717. The number of aliphatic hydroxyl groups is 1. The number of carboxylic acids is 1. The Morgan fingerprint density at radius 3 is 2.74 bits per heavy atom. The van der Waals surface area contributed by atoms with Gasteiger partial charge in [0.1, 0.15) is 10.7 Å². The van der Waals surface area contributed by atoms with Gasteiger partial charge in [-0.2, -0.15) is 0 Å². The number of ether oxygens (including phenoxy) is 1. The normalized spacial score (nSPS) is 16.4. The predicted molar refractivity (Wildman–Crippen MR) is 114 cm³/mol. The molecule has 0 radical (unpaired) electrons. The fourth-order valence-corrected chi connectivity index (χ4v) is 5.31. The van der Waals surface area contributed by atoms with Gasteiger partial charge in [-0.1, -0.05) is 11.6 Å². The zero-order valence-corrected chi connectivity index (χ0v) is 18.2. The van der Waals surface area contributed by atoms with Crippen molar-refractivity contribution >= 4 is 39.0 Å². The second-order valence-electron chi connectivity index (χ2n) is 7.07. The average molecular weight is 473 g/mol. The predicted octanol–water partition coefficient (Wildman–Crippen LogP) is 3.34. The van der Waals surface area contributed by atoms with Crippen LogP contribution >= 0.6 is 11.6 Å². The summed E-state index contributed by atoms with van der Waals surface area (Å²) in [5.74, 6) is -2.43. The van der Waals surface area contributed by atoms with Gasteiger partial charge in [0.15, 0.2) is 5.75 Å². The van der Waals surface area contributed by atoms with Crippen molar-refractivity contribution in [3.63, 3.8) is 0 Å². The topological polar surface area (TPSA) is 116 Å². The molecular formula is C20H22ClFN2O6S. The van der Waals surface area contributed by atoms with Crippen LogP contribution in [0.2, 0.25) is 5.02 Å². The Hall–Kier alpha value is -2.56. The molecule has 2 aromatic carbocycles. The van der Waals surface area contributed by atoms with E-state index in [0.29, 0.717) is 18.7 Å². The minimum atomic E-state index is -4.44. The van der Waals surface area contributed by atoms with Gasteiger partial charge in [-0.15, -0.1) is 0 Å². The lowest BCUT2D eigenvalue weighted by atomic mass is 10.1. The molecule has 0 aromatic heterocycles. The third kappa shape index (κ3) is 4.86. The van der Waals surface area contributed by atoms with E-state index in [1.54, 1.807) is 6.07 Å². The summed E-state index contributed by atoms with van der Waals surface area (Å²) in [6, 6.07) is 6.11. The van der Waals surface area contributed by atoms with Crippen LogP contribution in [0.15, 0.2) is 35.2 Å². The zero-order chi connectivity index (χ0) is 22.8. The van der Waals surface area contributed by atoms with Gasteiger partial charge in [-0.25, -0.2) is 17.6 Å². The van der Waals surface area contributed by atoms with Crippen molar-refractivity contribution in [1.29, 1.82) is 0 Å². The molecule has 11 heteroatoms. The van der Waals surface area contributed by atoms with Gasteiger partial charge in [0.25, 0.3) is 10.0 Å². The molecule has 2 aromatic rings. The molecule has 31 heavy (non-hydrogen) atoms. The SMILES string of the molecule is COc1c(Cl)cc(C(=O)O)cc1S(=O)(=O)Nc1cc(N2CCC[C@@H]2CCO)ccc1F. The maximum absolute atomic E-state index is 14.5. The maximum Gasteiger partial charge on any atom is 0.335 e. The van der Waals surface area contributed by atoms with Crippen molar-refractivity contribution in [2.45, 2.75) is 30.2 Å². The minimum absolute atomic E-state index is 0.0162. The van der Waals surface area contributed by atoms with Crippen LogP contribution in [-0.4, -0.2) is 50.9 Å². The largest absolute Gasteiger partial charge is 0.494 e. The number of methoxy groups -OCH3 is 1. The van der Waals surface area contributed by atoms with Gasteiger partial charge in [0.05, 0.1) is 23.4 Å². The second-order valence-corrected chi connectivity index (χ2v) is 9.12. The molecule has 1 heterocycles. The first-order chi connectivity index (χ1) is 14.7. The van der Waals surface area contributed by atoms with Crippen molar-refractivity contribution < 1.29 is 32.6 Å². The molecule has 1 atom stereocenters. The van der Waals surface area contributed by atoms with Crippen LogP contribution in [0, 0.1) is 5.82 Å². The van der Waals surface area contributed by atoms with Crippen LogP contribution in [0.5, 0.6) is 5.75 Å². The lowest BCUT2D eigenvalue weighted by Crippen LogP contribution is -2.30. The highest BCUT2D eigenvalue weighted by molar-refractivity contribution is 7.92. The first-order valence-electron chi connectivity index (χ1n) is 9.48. The molecule has 168 valence electrons. The molecule has 0 bridgehead atoms. The molecule has 0 amide bonds. The Balaban J connectivity index is 2.00. The van der Waals surface area contributed by atoms with Crippen molar-refractivity contribution in [2.75, 3.05) is 29.9 Å². The standard InChI is InChI=1S/C20H22ClFN2O6S/c1-30-19-15(21)9-12(20(26)27)10-18(19)31(28,29)23-17-11-14(4-5-16(17)22)24-7-2-3-13(24)6-8-25/h4-5,9-11,13,23,25H,2-3,6-8H2,1H3,(H,26,27)/t13-/m1/s1. The molecule has 3 N–H and O–H groups in total. The first kappa shape index (κ1) is 23.1. The van der Waals surface area contributed by atoms with E-state index >= 15 is 0 Å². The number of aromatic carboxylic acids is 1. The third-order valence-electron chi connectivity index (χ3n) is 5.12. The molecule has 0 saturated carbocycles. The van der Waals surface area contributed by atoms with Crippen LogP contribution in [0.1, 0.15) is 29.6 Å². The summed E-state index contributed by atoms with van der Waals surface area (Å²) >= 11 is 5.99. The Morgan fingerprint density at radius 2 is 2.10 bits per heavy atom. The van der Waals surface area contributed by atoms with E-state index in [0.717, 1.165) is 31.0 Å². The lowest BCUT2D eigenvalue weighted by Gasteiger charge is -2.27. The number of anilines is 2. The van der Waals surface area contributed by atoms with Gasteiger partial charge in [0.2, 0.25) is 0 Å². The summed E-state index contributed by atoms with van der Waals surface area (Å²) in [6.07, 6.45) is 2.33. The molecule has 1 aliphatic rings. The number of halogens is 2. The molecule has 8 nitrogen and oxygen atoms in total. The fraction of sp³-hybridized carbons (Fsp3) is 0.350. The summed E-state index contributed by atoms with van der Waals surface area (Å²) in [5.41, 5.74) is -0.0466. The third-order valence-corrected chi connectivity index (χ3v) is 6.77. The highest BCUT2D eigenvalue weighted by Crippen LogP contribution is 2.36. The number of nitrogens with zero attached hydrogens (tertiary/aromatic N) is 1. The number of hydrogen-bond acceptors (Lipinski definition) is 6. The molecule has 0 aliphatic carbocycles. The van der Waals surface area contributed by atoms with Crippen molar-refractivity contribution in [2.24, 2.45) is 0 Å². The molecule has 0 spiro atoms.